The Hall–Kier alpha value is -1.99. The van der Waals surface area contributed by atoms with E-state index >= 15 is 0 Å². The van der Waals surface area contributed by atoms with E-state index in [9.17, 15) is 10.1 Å². The molecule has 110 valence electrons. The molecule has 0 saturated heterocycles. The number of nitrogens with one attached hydrogen (secondary N) is 1. The maximum absolute atomic E-state index is 11.0. The maximum atomic E-state index is 11.0. The van der Waals surface area contributed by atoms with E-state index in [1.54, 1.807) is 0 Å². The number of hydrogen-bond donors (Lipinski definition) is 2. The first-order valence-electron chi connectivity index (χ1n) is 6.42. The van der Waals surface area contributed by atoms with Crippen molar-refractivity contribution in [2.75, 3.05) is 11.9 Å². The Morgan fingerprint density at radius 3 is 2.71 bits per heavy atom. The van der Waals surface area contributed by atoms with Gasteiger partial charge < -0.3 is 11.1 Å². The maximum Gasteiger partial charge on any atom is 0.311 e. The minimum atomic E-state index is -0.461. The molecule has 2 aromatic rings. The molecule has 0 bridgehead atoms. The summed E-state index contributed by atoms with van der Waals surface area (Å²) in [5.41, 5.74) is 7.51. The van der Waals surface area contributed by atoms with Gasteiger partial charge in [-0.25, -0.2) is 0 Å². The van der Waals surface area contributed by atoms with Gasteiger partial charge in [-0.15, -0.1) is 0 Å². The van der Waals surface area contributed by atoms with Gasteiger partial charge in [0.15, 0.2) is 0 Å². The second kappa shape index (κ2) is 7.14. The second-order valence-electron chi connectivity index (χ2n) is 4.51. The van der Waals surface area contributed by atoms with Gasteiger partial charge in [0.2, 0.25) is 0 Å². The van der Waals surface area contributed by atoms with E-state index in [0.29, 0.717) is 23.1 Å². The molecule has 0 aliphatic rings. The fourth-order valence-corrected chi connectivity index (χ4v) is 2.42. The van der Waals surface area contributed by atoms with E-state index in [1.165, 1.54) is 12.4 Å². The van der Waals surface area contributed by atoms with Crippen LogP contribution < -0.4 is 11.1 Å². The molecule has 3 N–H and O–H groups in total. The quantitative estimate of drug-likeness (QED) is 0.615. The van der Waals surface area contributed by atoms with Crippen LogP contribution >= 0.6 is 15.9 Å². The van der Waals surface area contributed by atoms with Crippen LogP contribution in [-0.2, 0) is 0 Å². The van der Waals surface area contributed by atoms with Crippen molar-refractivity contribution in [3.05, 3.63) is 62.9 Å². The molecule has 1 heterocycles. The van der Waals surface area contributed by atoms with Crippen LogP contribution in [0, 0.1) is 10.1 Å². The largest absolute Gasteiger partial charge is 0.378 e. The lowest BCUT2D eigenvalue weighted by Crippen LogP contribution is -2.15. The third-order valence-electron chi connectivity index (χ3n) is 3.06. The fourth-order valence-electron chi connectivity index (χ4n) is 1.96. The first-order chi connectivity index (χ1) is 10.1. The van der Waals surface area contributed by atoms with Crippen LogP contribution in [0.15, 0.2) is 47.2 Å². The van der Waals surface area contributed by atoms with Crippen molar-refractivity contribution < 1.29 is 4.92 Å². The zero-order valence-corrected chi connectivity index (χ0v) is 12.8. The van der Waals surface area contributed by atoms with Crippen molar-refractivity contribution in [1.29, 1.82) is 0 Å². The Kier molecular flexibility index (Phi) is 5.24. The molecule has 0 amide bonds. The topological polar surface area (TPSA) is 94.1 Å². The number of nitrogens with zero attached hydrogens (tertiary/aromatic N) is 2. The van der Waals surface area contributed by atoms with Crippen LogP contribution in [0.2, 0.25) is 0 Å². The molecule has 0 aliphatic heterocycles. The van der Waals surface area contributed by atoms with Crippen LogP contribution in [0.25, 0.3) is 0 Å². The summed E-state index contributed by atoms with van der Waals surface area (Å²) >= 11 is 3.27. The summed E-state index contributed by atoms with van der Waals surface area (Å²) in [5, 5.41) is 14.0. The second-order valence-corrected chi connectivity index (χ2v) is 5.36. The van der Waals surface area contributed by atoms with Crippen LogP contribution in [0.1, 0.15) is 18.0 Å². The van der Waals surface area contributed by atoms with E-state index < -0.39 is 4.92 Å². The van der Waals surface area contributed by atoms with Gasteiger partial charge in [0.1, 0.15) is 11.9 Å². The summed E-state index contributed by atoms with van der Waals surface area (Å²) in [6.45, 7) is 0.527. The van der Waals surface area contributed by atoms with Gasteiger partial charge >= 0.3 is 5.69 Å². The van der Waals surface area contributed by atoms with E-state index in [0.717, 1.165) is 5.56 Å². The molecule has 1 unspecified atom stereocenters. The van der Waals surface area contributed by atoms with Crippen LogP contribution in [0.5, 0.6) is 0 Å². The SMILES string of the molecule is NC(CCNc1c(Br)cncc1[N+](=O)[O-])c1ccccc1. The van der Waals surface area contributed by atoms with Gasteiger partial charge in [-0.3, -0.25) is 15.1 Å². The highest BCUT2D eigenvalue weighted by Gasteiger charge is 2.17. The lowest BCUT2D eigenvalue weighted by atomic mass is 10.1. The average molecular weight is 351 g/mol. The zero-order valence-electron chi connectivity index (χ0n) is 11.2. The number of hydrogen-bond acceptors (Lipinski definition) is 5. The molecule has 0 fully saturated rings. The molecular weight excluding hydrogens is 336 g/mol. The standard InChI is InChI=1S/C14H15BrN4O2/c15-11-8-17-9-13(19(20)21)14(11)18-7-6-12(16)10-4-2-1-3-5-10/h1-5,8-9,12H,6-7,16H2,(H,17,18). The average Bonchev–Trinajstić information content (AvgIpc) is 2.49. The van der Waals surface area contributed by atoms with Crippen LogP contribution in [0.4, 0.5) is 11.4 Å². The summed E-state index contributed by atoms with van der Waals surface area (Å²) in [7, 11) is 0. The minimum Gasteiger partial charge on any atom is -0.378 e. The number of pyridine rings is 1. The summed E-state index contributed by atoms with van der Waals surface area (Å²) in [5.74, 6) is 0. The highest BCUT2D eigenvalue weighted by molar-refractivity contribution is 9.10. The highest BCUT2D eigenvalue weighted by Crippen LogP contribution is 2.31. The molecule has 0 radical (unpaired) electrons. The Morgan fingerprint density at radius 2 is 2.05 bits per heavy atom. The van der Waals surface area contributed by atoms with Crippen molar-refractivity contribution in [2.45, 2.75) is 12.5 Å². The Labute approximate surface area is 130 Å². The van der Waals surface area contributed by atoms with Gasteiger partial charge in [-0.05, 0) is 27.9 Å². The van der Waals surface area contributed by atoms with Crippen molar-refractivity contribution >= 4 is 27.3 Å². The predicted molar refractivity (Wildman–Crippen MR) is 85.1 cm³/mol. The third kappa shape index (κ3) is 3.99. The molecule has 2 rings (SSSR count). The molecule has 0 aliphatic carbocycles. The lowest BCUT2D eigenvalue weighted by Gasteiger charge is -2.13. The van der Waals surface area contributed by atoms with E-state index in [-0.39, 0.29) is 11.7 Å². The molecule has 0 saturated carbocycles. The highest BCUT2D eigenvalue weighted by atomic mass is 79.9. The number of halogens is 1. The number of nitrogens with two attached hydrogens (primary N) is 1. The predicted octanol–water partition coefficient (Wildman–Crippen LogP) is 3.25. The number of nitro groups is 1. The van der Waals surface area contributed by atoms with E-state index in [2.05, 4.69) is 26.2 Å². The van der Waals surface area contributed by atoms with Gasteiger partial charge in [0.25, 0.3) is 0 Å². The molecule has 6 nitrogen and oxygen atoms in total. The normalized spacial score (nSPS) is 11.9. The summed E-state index contributed by atoms with van der Waals surface area (Å²) < 4.78 is 0.560. The van der Waals surface area contributed by atoms with Crippen LogP contribution in [-0.4, -0.2) is 16.5 Å². The molecule has 7 heteroatoms. The van der Waals surface area contributed by atoms with Gasteiger partial charge in [-0.2, -0.15) is 0 Å². The summed E-state index contributed by atoms with van der Waals surface area (Å²) in [6, 6.07) is 9.63. The third-order valence-corrected chi connectivity index (χ3v) is 3.66. The number of benzene rings is 1. The summed E-state index contributed by atoms with van der Waals surface area (Å²) in [4.78, 5) is 14.3. The molecule has 0 spiro atoms. The Bertz CT molecular complexity index is 622. The summed E-state index contributed by atoms with van der Waals surface area (Å²) in [6.07, 6.45) is 3.41. The van der Waals surface area contributed by atoms with E-state index in [1.807, 2.05) is 30.3 Å². The van der Waals surface area contributed by atoms with Gasteiger partial charge in [-0.1, -0.05) is 30.3 Å². The van der Waals surface area contributed by atoms with Crippen molar-refractivity contribution in [3.63, 3.8) is 0 Å². The zero-order chi connectivity index (χ0) is 15.2. The monoisotopic (exact) mass is 350 g/mol. The fraction of sp³-hybridized carbons (Fsp3) is 0.214. The first-order valence-corrected chi connectivity index (χ1v) is 7.21. The molecule has 21 heavy (non-hydrogen) atoms. The minimum absolute atomic E-state index is 0.0577. The smallest absolute Gasteiger partial charge is 0.311 e. The number of aromatic nitrogens is 1. The molecule has 1 atom stereocenters. The Morgan fingerprint density at radius 1 is 1.33 bits per heavy atom. The van der Waals surface area contributed by atoms with Crippen molar-refractivity contribution in [3.8, 4) is 0 Å². The number of anilines is 1. The van der Waals surface area contributed by atoms with Gasteiger partial charge in [0.05, 0.1) is 9.40 Å². The molecule has 1 aromatic carbocycles. The number of rotatable bonds is 6. The Balaban J connectivity index is 1.99. The molecule has 1 aromatic heterocycles. The first kappa shape index (κ1) is 15.4. The van der Waals surface area contributed by atoms with E-state index in [4.69, 9.17) is 5.73 Å². The molecular formula is C14H15BrN4O2. The van der Waals surface area contributed by atoms with Crippen LogP contribution in [0.3, 0.4) is 0 Å². The van der Waals surface area contributed by atoms with Crippen molar-refractivity contribution in [2.24, 2.45) is 5.73 Å². The lowest BCUT2D eigenvalue weighted by molar-refractivity contribution is -0.384. The van der Waals surface area contributed by atoms with Gasteiger partial charge in [0, 0.05) is 18.8 Å². The van der Waals surface area contributed by atoms with Crippen molar-refractivity contribution in [1.82, 2.24) is 4.98 Å².